The number of rotatable bonds is 7. The van der Waals surface area contributed by atoms with Crippen molar-refractivity contribution in [3.63, 3.8) is 0 Å². The Kier molecular flexibility index (Phi) is 6.23. The smallest absolute Gasteiger partial charge is 0.267 e. The minimum Gasteiger partial charge on any atom is -0.497 e. The molecule has 0 aliphatic carbocycles. The molecule has 4 rings (SSSR count). The number of hydrogen-bond acceptors (Lipinski definition) is 6. The number of thioether (sulfide) groups is 1. The van der Waals surface area contributed by atoms with E-state index in [1.165, 1.54) is 0 Å². The highest BCUT2D eigenvalue weighted by Crippen LogP contribution is 2.39. The van der Waals surface area contributed by atoms with Crippen LogP contribution in [0.3, 0.4) is 0 Å². The predicted octanol–water partition coefficient (Wildman–Crippen LogP) is 5.59. The number of aromatic nitrogens is 2. The molecule has 0 unspecified atom stereocenters. The zero-order valence-corrected chi connectivity index (χ0v) is 19.6. The minimum absolute atomic E-state index is 0.0158. The number of thiophene rings is 1. The van der Waals surface area contributed by atoms with E-state index in [0.29, 0.717) is 6.61 Å². The number of hydrogen-bond donors (Lipinski definition) is 0. The van der Waals surface area contributed by atoms with E-state index in [4.69, 9.17) is 14.5 Å². The first-order valence-electron chi connectivity index (χ1n) is 10.5. The lowest BCUT2D eigenvalue weighted by atomic mass is 9.90. The first-order chi connectivity index (χ1) is 14.5. The summed E-state index contributed by atoms with van der Waals surface area (Å²) in [6, 6.07) is 7.63. The molecule has 0 spiro atoms. The molecule has 1 aliphatic rings. The van der Waals surface area contributed by atoms with Gasteiger partial charge in [0.2, 0.25) is 0 Å². The summed E-state index contributed by atoms with van der Waals surface area (Å²) in [5.41, 5.74) is 1.73. The summed E-state index contributed by atoms with van der Waals surface area (Å²) in [6.07, 6.45) is 3.86. The van der Waals surface area contributed by atoms with Gasteiger partial charge < -0.3 is 9.47 Å². The Labute approximate surface area is 185 Å². The lowest BCUT2D eigenvalue weighted by Crippen LogP contribution is -2.34. The molecule has 0 saturated heterocycles. The van der Waals surface area contributed by atoms with Gasteiger partial charge in [-0.2, -0.15) is 0 Å². The van der Waals surface area contributed by atoms with Gasteiger partial charge in [0.1, 0.15) is 10.6 Å². The lowest BCUT2D eigenvalue weighted by molar-refractivity contribution is -0.0543. The Morgan fingerprint density at radius 2 is 2.07 bits per heavy atom. The molecule has 0 N–H and O–H groups in total. The van der Waals surface area contributed by atoms with Crippen molar-refractivity contribution >= 4 is 33.3 Å². The summed E-state index contributed by atoms with van der Waals surface area (Å²) in [5, 5.41) is 1.51. The van der Waals surface area contributed by atoms with Gasteiger partial charge >= 0.3 is 0 Å². The minimum atomic E-state index is -0.229. The maximum absolute atomic E-state index is 13.8. The van der Waals surface area contributed by atoms with Crippen LogP contribution in [0.4, 0.5) is 0 Å². The molecule has 3 heterocycles. The average Bonchev–Trinajstić information content (AvgIpc) is 3.11. The molecule has 30 heavy (non-hydrogen) atoms. The van der Waals surface area contributed by atoms with Crippen LogP contribution < -0.4 is 10.3 Å². The van der Waals surface area contributed by atoms with Gasteiger partial charge in [-0.3, -0.25) is 9.36 Å². The van der Waals surface area contributed by atoms with E-state index >= 15 is 0 Å². The normalized spacial score (nSPS) is 18.5. The monoisotopic (exact) mass is 444 g/mol. The van der Waals surface area contributed by atoms with Gasteiger partial charge in [0.05, 0.1) is 30.4 Å². The van der Waals surface area contributed by atoms with Crippen molar-refractivity contribution in [3.05, 3.63) is 45.1 Å². The average molecular weight is 445 g/mol. The Morgan fingerprint density at radius 3 is 2.73 bits per heavy atom. The van der Waals surface area contributed by atoms with Crippen molar-refractivity contribution in [1.82, 2.24) is 9.55 Å². The van der Waals surface area contributed by atoms with Gasteiger partial charge in [0, 0.05) is 17.1 Å². The molecule has 0 fully saturated rings. The van der Waals surface area contributed by atoms with Gasteiger partial charge in [0.15, 0.2) is 5.16 Å². The molecule has 7 heteroatoms. The molecule has 5 nitrogen and oxygen atoms in total. The Balaban J connectivity index is 1.90. The van der Waals surface area contributed by atoms with E-state index in [0.717, 1.165) is 68.7 Å². The van der Waals surface area contributed by atoms with E-state index in [1.54, 1.807) is 34.8 Å². The van der Waals surface area contributed by atoms with Crippen LogP contribution in [-0.4, -0.2) is 28.0 Å². The summed E-state index contributed by atoms with van der Waals surface area (Å²) in [6.45, 7) is 6.99. The number of fused-ring (bicyclic) bond motifs is 3. The highest BCUT2D eigenvalue weighted by Gasteiger charge is 2.33. The summed E-state index contributed by atoms with van der Waals surface area (Å²) < 4.78 is 13.2. The number of ether oxygens (including phenoxy) is 2. The zero-order chi connectivity index (χ0) is 21.3. The molecular formula is C23H28N2O3S2. The second-order valence-electron chi connectivity index (χ2n) is 7.89. The van der Waals surface area contributed by atoms with Crippen LogP contribution >= 0.6 is 23.1 Å². The van der Waals surface area contributed by atoms with Crippen molar-refractivity contribution in [2.75, 3.05) is 12.9 Å². The largest absolute Gasteiger partial charge is 0.497 e. The SMILES string of the molecule is CCCCSc1nc2sc3c(c2c(=O)n1-c1ccc(OC)cc1)C[C@@](C)(CC)OC3. The Bertz CT molecular complexity index is 1100. The first-order valence-corrected chi connectivity index (χ1v) is 12.3. The van der Waals surface area contributed by atoms with Crippen molar-refractivity contribution in [3.8, 4) is 11.4 Å². The van der Waals surface area contributed by atoms with Crippen molar-refractivity contribution in [1.29, 1.82) is 0 Å². The molecular weight excluding hydrogens is 416 g/mol. The molecule has 160 valence electrons. The van der Waals surface area contributed by atoms with Crippen molar-refractivity contribution in [2.24, 2.45) is 0 Å². The molecule has 0 radical (unpaired) electrons. The van der Waals surface area contributed by atoms with Gasteiger partial charge in [0.25, 0.3) is 5.56 Å². The second kappa shape index (κ2) is 8.73. The van der Waals surface area contributed by atoms with Crippen molar-refractivity contribution in [2.45, 2.75) is 63.8 Å². The summed E-state index contributed by atoms with van der Waals surface area (Å²) in [5.74, 6) is 1.71. The fourth-order valence-electron chi connectivity index (χ4n) is 3.69. The molecule has 1 atom stereocenters. The van der Waals surface area contributed by atoms with Crippen LogP contribution in [0.15, 0.2) is 34.2 Å². The quantitative estimate of drug-likeness (QED) is 0.270. The van der Waals surface area contributed by atoms with Gasteiger partial charge in [-0.05, 0) is 49.6 Å². The lowest BCUT2D eigenvalue weighted by Gasteiger charge is -2.32. The number of benzene rings is 1. The second-order valence-corrected chi connectivity index (χ2v) is 10.0. The molecule has 1 aliphatic heterocycles. The maximum Gasteiger partial charge on any atom is 0.267 e. The highest BCUT2D eigenvalue weighted by atomic mass is 32.2. The van der Waals surface area contributed by atoms with Crippen LogP contribution in [0.1, 0.15) is 50.5 Å². The topological polar surface area (TPSA) is 53.4 Å². The summed E-state index contributed by atoms with van der Waals surface area (Å²) in [7, 11) is 1.64. The zero-order valence-electron chi connectivity index (χ0n) is 18.0. The number of unbranched alkanes of at least 4 members (excludes halogenated alkanes) is 1. The maximum atomic E-state index is 13.8. The molecule has 3 aromatic rings. The standard InChI is InChI=1S/C23H28N2O3S2/c1-5-7-12-29-22-24-20-19(17-13-23(3,6-2)28-14-18(17)30-20)21(26)25(22)15-8-10-16(27-4)11-9-15/h8-11H,5-7,12-14H2,1-4H3/t23-/m1/s1. The Morgan fingerprint density at radius 1 is 1.30 bits per heavy atom. The fourth-order valence-corrected chi connectivity index (χ4v) is 5.93. The first kappa shape index (κ1) is 21.4. The number of methoxy groups -OCH3 is 1. The van der Waals surface area contributed by atoms with E-state index in [-0.39, 0.29) is 11.2 Å². The van der Waals surface area contributed by atoms with E-state index in [9.17, 15) is 4.79 Å². The third-order valence-corrected chi connectivity index (χ3v) is 7.91. The van der Waals surface area contributed by atoms with Crippen LogP contribution in [0.2, 0.25) is 0 Å². The highest BCUT2D eigenvalue weighted by molar-refractivity contribution is 7.99. The molecule has 1 aromatic carbocycles. The van der Waals surface area contributed by atoms with Crippen molar-refractivity contribution < 1.29 is 9.47 Å². The predicted molar refractivity (Wildman–Crippen MR) is 125 cm³/mol. The van der Waals surface area contributed by atoms with E-state index in [1.807, 2.05) is 24.3 Å². The third kappa shape index (κ3) is 3.90. The third-order valence-electron chi connectivity index (χ3n) is 5.79. The van der Waals surface area contributed by atoms with Crippen LogP contribution in [-0.2, 0) is 17.8 Å². The van der Waals surface area contributed by atoms with Crippen LogP contribution in [0.25, 0.3) is 15.9 Å². The van der Waals surface area contributed by atoms with E-state index < -0.39 is 0 Å². The van der Waals surface area contributed by atoms with Crippen LogP contribution in [0, 0.1) is 0 Å². The van der Waals surface area contributed by atoms with Gasteiger partial charge in [-0.25, -0.2) is 4.98 Å². The molecule has 0 bridgehead atoms. The van der Waals surface area contributed by atoms with Crippen LogP contribution in [0.5, 0.6) is 5.75 Å². The summed E-state index contributed by atoms with van der Waals surface area (Å²) in [4.78, 5) is 20.7. The van der Waals surface area contributed by atoms with E-state index in [2.05, 4.69) is 20.8 Å². The molecule has 0 amide bonds. The Hall–Kier alpha value is -1.83. The van der Waals surface area contributed by atoms with Gasteiger partial charge in [-0.1, -0.05) is 32.0 Å². The number of nitrogens with zero attached hydrogens (tertiary/aromatic N) is 2. The molecule has 0 saturated carbocycles. The fraction of sp³-hybridized carbons (Fsp3) is 0.478. The molecule has 2 aromatic heterocycles. The summed E-state index contributed by atoms with van der Waals surface area (Å²) >= 11 is 3.26. The van der Waals surface area contributed by atoms with Gasteiger partial charge in [-0.15, -0.1) is 11.3 Å².